The molecule has 2 atom stereocenters. The predicted molar refractivity (Wildman–Crippen MR) is 51.1 cm³/mol. The maximum Gasteiger partial charge on any atom is 0.0620 e. The van der Waals surface area contributed by atoms with Gasteiger partial charge in [-0.1, -0.05) is 19.8 Å². The van der Waals surface area contributed by atoms with Crippen molar-refractivity contribution >= 4 is 0 Å². The van der Waals surface area contributed by atoms with Gasteiger partial charge < -0.3 is 10.2 Å². The second kappa shape index (κ2) is 5.55. The quantitative estimate of drug-likeness (QED) is 0.647. The third kappa shape index (κ3) is 6.62. The average molecular weight is 174 g/mol. The molecule has 0 rings (SSSR count). The lowest BCUT2D eigenvalue weighted by Crippen LogP contribution is -2.25. The molecule has 0 aromatic rings. The van der Waals surface area contributed by atoms with Gasteiger partial charge in [0.2, 0.25) is 0 Å². The Balaban J connectivity index is 3.56. The van der Waals surface area contributed by atoms with Crippen LogP contribution in [0.4, 0.5) is 0 Å². The summed E-state index contributed by atoms with van der Waals surface area (Å²) >= 11 is 0. The molecule has 0 amide bonds. The molecule has 0 aliphatic carbocycles. The zero-order chi connectivity index (χ0) is 9.61. The molecule has 0 spiro atoms. The number of aliphatic hydroxyl groups is 2. The average Bonchev–Trinajstić information content (AvgIpc) is 1.98. The molecule has 2 nitrogen and oxygen atoms in total. The van der Waals surface area contributed by atoms with Gasteiger partial charge in [-0.15, -0.1) is 0 Å². The zero-order valence-corrected chi connectivity index (χ0v) is 8.51. The second-order valence-corrected chi connectivity index (χ2v) is 3.99. The van der Waals surface area contributed by atoms with Crippen LogP contribution in [0.25, 0.3) is 0 Å². The van der Waals surface area contributed by atoms with Crippen LogP contribution in [0.1, 0.15) is 52.9 Å². The van der Waals surface area contributed by atoms with Crippen LogP contribution in [0.2, 0.25) is 0 Å². The molecule has 0 heterocycles. The Morgan fingerprint density at radius 2 is 1.92 bits per heavy atom. The van der Waals surface area contributed by atoms with Crippen LogP contribution in [-0.4, -0.2) is 21.9 Å². The predicted octanol–water partition coefficient (Wildman–Crippen LogP) is 2.09. The lowest BCUT2D eigenvalue weighted by atomic mass is 9.93. The molecular formula is C10H22O2. The van der Waals surface area contributed by atoms with Gasteiger partial charge >= 0.3 is 0 Å². The van der Waals surface area contributed by atoms with Crippen molar-refractivity contribution < 1.29 is 10.2 Å². The van der Waals surface area contributed by atoms with Crippen LogP contribution in [0.15, 0.2) is 0 Å². The van der Waals surface area contributed by atoms with Gasteiger partial charge in [0.15, 0.2) is 0 Å². The van der Waals surface area contributed by atoms with Crippen molar-refractivity contribution in [1.82, 2.24) is 0 Å². The van der Waals surface area contributed by atoms with Gasteiger partial charge in [0.05, 0.1) is 11.7 Å². The van der Waals surface area contributed by atoms with Gasteiger partial charge in [-0.05, 0) is 33.1 Å². The van der Waals surface area contributed by atoms with Crippen molar-refractivity contribution in [2.24, 2.45) is 0 Å². The standard InChI is InChI=1S/C10H22O2/c1-4-5-7-10(3,12)8-6-9(2)11/h9,11-12H,4-8H2,1-3H3/t9-,10-/m0/s1. The minimum atomic E-state index is -0.576. The van der Waals surface area contributed by atoms with E-state index in [4.69, 9.17) is 5.11 Å². The summed E-state index contributed by atoms with van der Waals surface area (Å²) in [5, 5.41) is 18.8. The van der Waals surface area contributed by atoms with Crippen LogP contribution >= 0.6 is 0 Å². The fourth-order valence-corrected chi connectivity index (χ4v) is 1.20. The highest BCUT2D eigenvalue weighted by molar-refractivity contribution is 4.72. The van der Waals surface area contributed by atoms with Gasteiger partial charge in [0, 0.05) is 0 Å². The van der Waals surface area contributed by atoms with Crippen LogP contribution in [0, 0.1) is 0 Å². The fourth-order valence-electron chi connectivity index (χ4n) is 1.20. The van der Waals surface area contributed by atoms with Gasteiger partial charge in [0.1, 0.15) is 0 Å². The summed E-state index contributed by atoms with van der Waals surface area (Å²) in [7, 11) is 0. The highest BCUT2D eigenvalue weighted by atomic mass is 16.3. The van der Waals surface area contributed by atoms with E-state index in [1.165, 1.54) is 0 Å². The molecule has 0 saturated carbocycles. The van der Waals surface area contributed by atoms with E-state index in [1.807, 2.05) is 6.92 Å². The molecule has 0 fully saturated rings. The SMILES string of the molecule is CCCC[C@](C)(O)CC[C@H](C)O. The van der Waals surface area contributed by atoms with E-state index in [1.54, 1.807) is 6.92 Å². The monoisotopic (exact) mass is 174 g/mol. The first kappa shape index (κ1) is 11.9. The maximum absolute atomic E-state index is 9.78. The molecule has 0 aromatic carbocycles. The Morgan fingerprint density at radius 3 is 2.33 bits per heavy atom. The molecular weight excluding hydrogens is 152 g/mol. The van der Waals surface area contributed by atoms with Gasteiger partial charge in [-0.25, -0.2) is 0 Å². The van der Waals surface area contributed by atoms with Crippen molar-refractivity contribution in [3.05, 3.63) is 0 Å². The highest BCUT2D eigenvalue weighted by Crippen LogP contribution is 2.20. The normalized spacial score (nSPS) is 18.8. The van der Waals surface area contributed by atoms with Crippen LogP contribution < -0.4 is 0 Å². The Labute approximate surface area is 75.6 Å². The van der Waals surface area contributed by atoms with Crippen molar-refractivity contribution in [2.75, 3.05) is 0 Å². The second-order valence-electron chi connectivity index (χ2n) is 3.99. The van der Waals surface area contributed by atoms with Crippen molar-refractivity contribution in [1.29, 1.82) is 0 Å². The Kier molecular flexibility index (Phi) is 5.51. The van der Waals surface area contributed by atoms with Gasteiger partial charge in [-0.2, -0.15) is 0 Å². The molecule has 0 unspecified atom stereocenters. The zero-order valence-electron chi connectivity index (χ0n) is 8.51. The Hall–Kier alpha value is -0.0800. The Bertz CT molecular complexity index is 108. The molecule has 12 heavy (non-hydrogen) atoms. The van der Waals surface area contributed by atoms with E-state index in [-0.39, 0.29) is 6.10 Å². The number of rotatable bonds is 6. The number of hydrogen-bond acceptors (Lipinski definition) is 2. The summed E-state index contributed by atoms with van der Waals surface area (Å²) < 4.78 is 0. The summed E-state index contributed by atoms with van der Waals surface area (Å²) in [5.41, 5.74) is -0.576. The molecule has 2 heteroatoms. The maximum atomic E-state index is 9.78. The van der Waals surface area contributed by atoms with Crippen molar-refractivity contribution in [3.63, 3.8) is 0 Å². The first-order valence-corrected chi connectivity index (χ1v) is 4.88. The van der Waals surface area contributed by atoms with Crippen LogP contribution in [0.3, 0.4) is 0 Å². The van der Waals surface area contributed by atoms with Crippen molar-refractivity contribution in [2.45, 2.75) is 64.6 Å². The first-order valence-electron chi connectivity index (χ1n) is 4.88. The largest absolute Gasteiger partial charge is 0.393 e. The topological polar surface area (TPSA) is 40.5 Å². The lowest BCUT2D eigenvalue weighted by molar-refractivity contribution is 0.0250. The minimum Gasteiger partial charge on any atom is -0.393 e. The first-order chi connectivity index (χ1) is 5.48. The van der Waals surface area contributed by atoms with E-state index < -0.39 is 5.60 Å². The molecule has 0 aromatic heterocycles. The summed E-state index contributed by atoms with van der Waals surface area (Å²) in [5.74, 6) is 0. The number of aliphatic hydroxyl groups excluding tert-OH is 1. The molecule has 0 radical (unpaired) electrons. The molecule has 0 aliphatic rings. The summed E-state index contributed by atoms with van der Waals surface area (Å²) in [6, 6.07) is 0. The van der Waals surface area contributed by atoms with E-state index in [0.717, 1.165) is 19.3 Å². The smallest absolute Gasteiger partial charge is 0.0620 e. The minimum absolute atomic E-state index is 0.293. The van der Waals surface area contributed by atoms with E-state index in [0.29, 0.717) is 12.8 Å². The molecule has 0 saturated heterocycles. The Morgan fingerprint density at radius 1 is 1.33 bits per heavy atom. The summed E-state index contributed by atoms with van der Waals surface area (Å²) in [6.07, 6.45) is 4.12. The van der Waals surface area contributed by atoms with Crippen LogP contribution in [0.5, 0.6) is 0 Å². The summed E-state index contributed by atoms with van der Waals surface area (Å²) in [4.78, 5) is 0. The fraction of sp³-hybridized carbons (Fsp3) is 1.00. The molecule has 0 bridgehead atoms. The third-order valence-electron chi connectivity index (χ3n) is 2.17. The highest BCUT2D eigenvalue weighted by Gasteiger charge is 2.19. The van der Waals surface area contributed by atoms with Crippen LogP contribution in [-0.2, 0) is 0 Å². The molecule has 2 N–H and O–H groups in total. The third-order valence-corrected chi connectivity index (χ3v) is 2.17. The van der Waals surface area contributed by atoms with Gasteiger partial charge in [0.25, 0.3) is 0 Å². The molecule has 74 valence electrons. The number of hydrogen-bond donors (Lipinski definition) is 2. The van der Waals surface area contributed by atoms with E-state index in [2.05, 4.69) is 6.92 Å². The summed E-state index contributed by atoms with van der Waals surface area (Å²) in [6.45, 7) is 5.73. The molecule has 0 aliphatic heterocycles. The van der Waals surface area contributed by atoms with Crippen molar-refractivity contribution in [3.8, 4) is 0 Å². The van der Waals surface area contributed by atoms with E-state index >= 15 is 0 Å². The van der Waals surface area contributed by atoms with Gasteiger partial charge in [-0.3, -0.25) is 0 Å². The number of unbranched alkanes of at least 4 members (excludes halogenated alkanes) is 1. The van der Waals surface area contributed by atoms with E-state index in [9.17, 15) is 5.11 Å². The lowest BCUT2D eigenvalue weighted by Gasteiger charge is -2.23.